The predicted octanol–water partition coefficient (Wildman–Crippen LogP) is 2.98. The van der Waals surface area contributed by atoms with Crippen LogP contribution in [0.15, 0.2) is 48.8 Å². The Balaban J connectivity index is 1.80. The molecule has 3 rings (SSSR count). The lowest BCUT2D eigenvalue weighted by atomic mass is 9.86. The first-order valence-electron chi connectivity index (χ1n) is 8.27. The van der Waals surface area contributed by atoms with Gasteiger partial charge in [-0.25, -0.2) is 4.39 Å². The van der Waals surface area contributed by atoms with Crippen LogP contribution in [0.2, 0.25) is 0 Å². The molecule has 1 heterocycles. The van der Waals surface area contributed by atoms with Crippen LogP contribution in [-0.4, -0.2) is 22.1 Å². The average molecular weight is 328 g/mol. The van der Waals surface area contributed by atoms with Gasteiger partial charge in [-0.3, -0.25) is 9.78 Å². The van der Waals surface area contributed by atoms with Gasteiger partial charge < -0.3 is 10.4 Å². The molecule has 0 saturated heterocycles. The number of aliphatic hydroxyl groups excluding tert-OH is 1. The van der Waals surface area contributed by atoms with Gasteiger partial charge in [-0.2, -0.15) is 0 Å². The van der Waals surface area contributed by atoms with Gasteiger partial charge in [0.05, 0.1) is 12.1 Å². The Kier molecular flexibility index (Phi) is 5.20. The summed E-state index contributed by atoms with van der Waals surface area (Å²) in [6, 6.07) is 9.52. The highest BCUT2D eigenvalue weighted by atomic mass is 19.1. The molecule has 0 radical (unpaired) electrons. The van der Waals surface area contributed by atoms with Crippen molar-refractivity contribution in [3.05, 3.63) is 65.7 Å². The molecule has 1 aliphatic carbocycles. The Morgan fingerprint density at radius 3 is 2.25 bits per heavy atom. The number of rotatable bonds is 4. The van der Waals surface area contributed by atoms with Gasteiger partial charge >= 0.3 is 0 Å². The Morgan fingerprint density at radius 2 is 1.62 bits per heavy atom. The molecule has 126 valence electrons. The van der Waals surface area contributed by atoms with Crippen LogP contribution in [0.4, 0.5) is 4.39 Å². The Bertz CT molecular complexity index is 668. The lowest BCUT2D eigenvalue weighted by Crippen LogP contribution is -2.37. The second-order valence-electron chi connectivity index (χ2n) is 6.28. The first kappa shape index (κ1) is 16.6. The van der Waals surface area contributed by atoms with E-state index in [-0.39, 0.29) is 29.8 Å². The van der Waals surface area contributed by atoms with Crippen LogP contribution in [0.5, 0.6) is 0 Å². The Morgan fingerprint density at radius 1 is 1.04 bits per heavy atom. The number of aliphatic hydroxyl groups is 1. The molecule has 0 unspecified atom stereocenters. The average Bonchev–Trinajstić information content (AvgIpc) is 2.62. The van der Waals surface area contributed by atoms with Gasteiger partial charge in [0.2, 0.25) is 5.91 Å². The van der Waals surface area contributed by atoms with E-state index in [9.17, 15) is 14.3 Å². The van der Waals surface area contributed by atoms with Crippen molar-refractivity contribution in [3.8, 4) is 0 Å². The van der Waals surface area contributed by atoms with Crippen molar-refractivity contribution in [2.75, 3.05) is 0 Å². The molecule has 1 aliphatic rings. The molecular formula is C19H21FN2O2. The number of carbonyl (C=O) groups excluding carboxylic acids is 1. The minimum atomic E-state index is -0.340. The van der Waals surface area contributed by atoms with E-state index in [2.05, 4.69) is 10.3 Å². The maximum atomic E-state index is 13.2. The predicted molar refractivity (Wildman–Crippen MR) is 88.6 cm³/mol. The summed E-state index contributed by atoms with van der Waals surface area (Å²) in [4.78, 5) is 16.7. The quantitative estimate of drug-likeness (QED) is 0.907. The fourth-order valence-electron chi connectivity index (χ4n) is 3.17. The van der Waals surface area contributed by atoms with E-state index in [4.69, 9.17) is 0 Å². The molecule has 0 spiro atoms. The molecule has 1 aromatic heterocycles. The van der Waals surface area contributed by atoms with Crippen molar-refractivity contribution in [2.24, 2.45) is 5.92 Å². The summed E-state index contributed by atoms with van der Waals surface area (Å²) in [5.74, 6) is -0.411. The molecule has 1 amide bonds. The summed E-state index contributed by atoms with van der Waals surface area (Å²) >= 11 is 0. The highest BCUT2D eigenvalue weighted by molar-refractivity contribution is 5.79. The maximum Gasteiger partial charge on any atom is 0.223 e. The fraction of sp³-hybridized carbons (Fsp3) is 0.368. The molecule has 24 heavy (non-hydrogen) atoms. The standard InChI is InChI=1S/C19H21FN2O2/c20-16-5-1-13(2-6-16)18(14-9-11-21-12-10-14)22-19(24)15-3-7-17(23)8-4-15/h1-2,5-6,9-12,15,17-18,23H,3-4,7-8H2,(H,22,24)/t15?,17?,18-/m0/s1. The van der Waals surface area contributed by atoms with E-state index >= 15 is 0 Å². The van der Waals surface area contributed by atoms with Crippen molar-refractivity contribution in [1.82, 2.24) is 10.3 Å². The van der Waals surface area contributed by atoms with Gasteiger partial charge in [-0.1, -0.05) is 12.1 Å². The molecule has 2 N–H and O–H groups in total. The molecule has 1 saturated carbocycles. The van der Waals surface area contributed by atoms with Gasteiger partial charge in [-0.05, 0) is 61.1 Å². The number of nitrogens with zero attached hydrogens (tertiary/aromatic N) is 1. The van der Waals surface area contributed by atoms with Crippen LogP contribution in [0, 0.1) is 11.7 Å². The van der Waals surface area contributed by atoms with Crippen molar-refractivity contribution in [3.63, 3.8) is 0 Å². The minimum Gasteiger partial charge on any atom is -0.393 e. The first-order valence-corrected chi connectivity index (χ1v) is 8.27. The SMILES string of the molecule is O=C(N[C@H](c1ccncc1)c1ccc(F)cc1)C1CCC(O)CC1. The number of hydrogen-bond acceptors (Lipinski definition) is 3. The third-order valence-electron chi connectivity index (χ3n) is 4.60. The van der Waals surface area contributed by atoms with Gasteiger partial charge in [0.1, 0.15) is 5.82 Å². The summed E-state index contributed by atoms with van der Waals surface area (Å²) in [7, 11) is 0. The Hall–Kier alpha value is -2.27. The lowest BCUT2D eigenvalue weighted by molar-refractivity contribution is -0.127. The zero-order valence-corrected chi connectivity index (χ0v) is 13.4. The monoisotopic (exact) mass is 328 g/mol. The smallest absolute Gasteiger partial charge is 0.223 e. The molecule has 1 atom stereocenters. The zero-order chi connectivity index (χ0) is 16.9. The van der Waals surface area contributed by atoms with Crippen molar-refractivity contribution in [1.29, 1.82) is 0 Å². The second kappa shape index (κ2) is 7.53. The third-order valence-corrected chi connectivity index (χ3v) is 4.60. The molecule has 1 fully saturated rings. The largest absolute Gasteiger partial charge is 0.393 e. The van der Waals surface area contributed by atoms with Crippen LogP contribution < -0.4 is 5.32 Å². The molecular weight excluding hydrogens is 307 g/mol. The van der Waals surface area contributed by atoms with Gasteiger partial charge in [0.15, 0.2) is 0 Å². The second-order valence-corrected chi connectivity index (χ2v) is 6.28. The van der Waals surface area contributed by atoms with Crippen LogP contribution in [0.1, 0.15) is 42.9 Å². The number of hydrogen-bond donors (Lipinski definition) is 2. The number of benzene rings is 1. The summed E-state index contributed by atoms with van der Waals surface area (Å²) in [6.45, 7) is 0. The van der Waals surface area contributed by atoms with Gasteiger partial charge in [0.25, 0.3) is 0 Å². The van der Waals surface area contributed by atoms with Crippen LogP contribution in [0.25, 0.3) is 0 Å². The van der Waals surface area contributed by atoms with E-state index in [1.807, 2.05) is 12.1 Å². The fourth-order valence-corrected chi connectivity index (χ4v) is 3.17. The van der Waals surface area contributed by atoms with E-state index in [0.29, 0.717) is 25.7 Å². The van der Waals surface area contributed by atoms with E-state index in [0.717, 1.165) is 11.1 Å². The zero-order valence-electron chi connectivity index (χ0n) is 13.4. The lowest BCUT2D eigenvalue weighted by Gasteiger charge is -2.27. The number of halogens is 1. The van der Waals surface area contributed by atoms with Crippen molar-refractivity contribution >= 4 is 5.91 Å². The Labute approximate surface area is 140 Å². The summed E-state index contributed by atoms with van der Waals surface area (Å²) in [5.41, 5.74) is 1.73. The molecule has 0 bridgehead atoms. The van der Waals surface area contributed by atoms with Crippen LogP contribution >= 0.6 is 0 Å². The van der Waals surface area contributed by atoms with E-state index < -0.39 is 0 Å². The molecule has 1 aromatic carbocycles. The van der Waals surface area contributed by atoms with E-state index in [1.165, 1.54) is 12.1 Å². The van der Waals surface area contributed by atoms with E-state index in [1.54, 1.807) is 24.5 Å². The van der Waals surface area contributed by atoms with Gasteiger partial charge in [-0.15, -0.1) is 0 Å². The summed E-state index contributed by atoms with van der Waals surface area (Å²) < 4.78 is 13.2. The normalized spacial score (nSPS) is 21.9. The topological polar surface area (TPSA) is 62.2 Å². The van der Waals surface area contributed by atoms with Gasteiger partial charge in [0, 0.05) is 18.3 Å². The third kappa shape index (κ3) is 3.97. The van der Waals surface area contributed by atoms with Crippen molar-refractivity contribution in [2.45, 2.75) is 37.8 Å². The molecule has 4 nitrogen and oxygen atoms in total. The molecule has 2 aromatic rings. The number of aromatic nitrogens is 1. The number of carbonyl (C=O) groups is 1. The van der Waals surface area contributed by atoms with Crippen LogP contribution in [0.3, 0.4) is 0 Å². The van der Waals surface area contributed by atoms with Crippen LogP contribution in [-0.2, 0) is 4.79 Å². The maximum absolute atomic E-state index is 13.2. The number of pyridine rings is 1. The number of amides is 1. The summed E-state index contributed by atoms with van der Waals surface area (Å²) in [5, 5.41) is 12.7. The van der Waals surface area contributed by atoms with Crippen molar-refractivity contribution < 1.29 is 14.3 Å². The molecule has 5 heteroatoms. The minimum absolute atomic E-state index is 0.0203. The number of nitrogens with one attached hydrogen (secondary N) is 1. The highest BCUT2D eigenvalue weighted by Gasteiger charge is 2.27. The highest BCUT2D eigenvalue weighted by Crippen LogP contribution is 2.27. The first-order chi connectivity index (χ1) is 11.6. The summed E-state index contributed by atoms with van der Waals surface area (Å²) in [6.07, 6.45) is 5.77. The molecule has 0 aliphatic heterocycles.